The first kappa shape index (κ1) is 21.9. The lowest BCUT2D eigenvalue weighted by Crippen LogP contribution is -2.31. The Balaban J connectivity index is 1.62. The number of carbonyl (C=O) groups is 1. The van der Waals surface area contributed by atoms with E-state index in [0.717, 1.165) is 37.0 Å². The minimum absolute atomic E-state index is 0.0142. The summed E-state index contributed by atoms with van der Waals surface area (Å²) in [5.74, 6) is -0.261. The number of amides is 1. The van der Waals surface area contributed by atoms with E-state index in [0.29, 0.717) is 17.8 Å². The Morgan fingerprint density at radius 2 is 1.80 bits per heavy atom. The van der Waals surface area contributed by atoms with Crippen LogP contribution in [0, 0.1) is 0 Å². The van der Waals surface area contributed by atoms with Crippen LogP contribution in [0.25, 0.3) is 22.2 Å². The summed E-state index contributed by atoms with van der Waals surface area (Å²) >= 11 is 0. The number of nitrogens with one attached hydrogen (secondary N) is 1. The van der Waals surface area contributed by atoms with Gasteiger partial charge in [0.1, 0.15) is 23.1 Å². The molecule has 2 aromatic heterocycles. The molecule has 0 unspecified atom stereocenters. The van der Waals surface area contributed by atoms with Crippen LogP contribution in [0.15, 0.2) is 39.5 Å². The maximum Gasteiger partial charge on any atom is 0.259 e. The van der Waals surface area contributed by atoms with Crippen molar-refractivity contribution in [3.63, 3.8) is 0 Å². The highest BCUT2D eigenvalue weighted by Gasteiger charge is 2.24. The number of carbonyl (C=O) groups excluding carboxylic acids is 1. The highest BCUT2D eigenvalue weighted by molar-refractivity contribution is 6.06. The molecule has 1 amide bonds. The summed E-state index contributed by atoms with van der Waals surface area (Å²) in [6.07, 6.45) is 7.26. The quantitative estimate of drug-likeness (QED) is 0.419. The number of aromatic nitrogens is 1. The number of nitrogens with zero attached hydrogens (tertiary/aromatic N) is 2. The van der Waals surface area contributed by atoms with Crippen LogP contribution in [0.1, 0.15) is 56.3 Å². The van der Waals surface area contributed by atoms with Crippen LogP contribution < -0.4 is 11.1 Å². The number of rotatable bonds is 12. The highest BCUT2D eigenvalue weighted by atomic mass is 16.5. The largest absolute Gasteiger partial charge is 0.464 e. The minimum atomic E-state index is -0.275. The Labute approximate surface area is 177 Å². The SMILES string of the molecule is CCCCN(CCCC)CCCNC(=O)c1c(-c2coc3ccccc23)noc1N. The Kier molecular flexibility index (Phi) is 7.90. The Hall–Kier alpha value is -2.80. The zero-order valence-corrected chi connectivity index (χ0v) is 17.9. The van der Waals surface area contributed by atoms with Gasteiger partial charge >= 0.3 is 0 Å². The number of nitrogen functional groups attached to an aromatic ring is 1. The molecule has 30 heavy (non-hydrogen) atoms. The summed E-state index contributed by atoms with van der Waals surface area (Å²) in [7, 11) is 0. The maximum absolute atomic E-state index is 12.8. The van der Waals surface area contributed by atoms with Crippen molar-refractivity contribution in [3.8, 4) is 11.3 Å². The molecule has 1 aromatic carbocycles. The van der Waals surface area contributed by atoms with Gasteiger partial charge in [-0.2, -0.15) is 0 Å². The lowest BCUT2D eigenvalue weighted by molar-refractivity contribution is 0.0952. The second-order valence-electron chi connectivity index (χ2n) is 7.57. The summed E-state index contributed by atoms with van der Waals surface area (Å²) in [4.78, 5) is 15.3. The molecule has 3 aromatic rings. The number of hydrogen-bond donors (Lipinski definition) is 2. The molecule has 0 atom stereocenters. The van der Waals surface area contributed by atoms with Gasteiger partial charge in [0.2, 0.25) is 5.88 Å². The van der Waals surface area contributed by atoms with Crippen LogP contribution in [0.4, 0.5) is 5.88 Å². The molecular formula is C23H32N4O3. The number of hydrogen-bond acceptors (Lipinski definition) is 6. The van der Waals surface area contributed by atoms with E-state index in [1.807, 2.05) is 24.3 Å². The fourth-order valence-corrected chi connectivity index (χ4v) is 3.56. The molecule has 3 N–H and O–H groups in total. The molecule has 0 saturated heterocycles. The monoisotopic (exact) mass is 412 g/mol. The Morgan fingerprint density at radius 3 is 2.53 bits per heavy atom. The van der Waals surface area contributed by atoms with Gasteiger partial charge in [-0.25, -0.2) is 0 Å². The number of benzene rings is 1. The van der Waals surface area contributed by atoms with Crippen molar-refractivity contribution in [3.05, 3.63) is 36.1 Å². The predicted octanol–water partition coefficient (Wildman–Crippen LogP) is 4.69. The van der Waals surface area contributed by atoms with E-state index in [-0.39, 0.29) is 17.4 Å². The summed E-state index contributed by atoms with van der Waals surface area (Å²) in [6, 6.07) is 7.59. The molecule has 0 radical (unpaired) electrons. The van der Waals surface area contributed by atoms with Crippen LogP contribution in [0.3, 0.4) is 0 Å². The fourth-order valence-electron chi connectivity index (χ4n) is 3.56. The van der Waals surface area contributed by atoms with E-state index in [2.05, 4.69) is 29.2 Å². The van der Waals surface area contributed by atoms with E-state index < -0.39 is 0 Å². The normalized spacial score (nSPS) is 11.4. The third-order valence-electron chi connectivity index (χ3n) is 5.27. The molecule has 2 heterocycles. The number of para-hydroxylation sites is 1. The lowest BCUT2D eigenvalue weighted by atomic mass is 10.1. The third kappa shape index (κ3) is 5.21. The van der Waals surface area contributed by atoms with Gasteiger partial charge in [-0.05, 0) is 45.0 Å². The van der Waals surface area contributed by atoms with Gasteiger partial charge in [0, 0.05) is 11.9 Å². The summed E-state index contributed by atoms with van der Waals surface area (Å²) in [6.45, 7) is 8.19. The van der Waals surface area contributed by atoms with Gasteiger partial charge in [-0.1, -0.05) is 50.0 Å². The number of nitrogens with two attached hydrogens (primary N) is 1. The van der Waals surface area contributed by atoms with E-state index in [1.54, 1.807) is 6.26 Å². The Morgan fingerprint density at radius 1 is 1.10 bits per heavy atom. The number of furan rings is 1. The van der Waals surface area contributed by atoms with Gasteiger partial charge in [-0.15, -0.1) is 0 Å². The van der Waals surface area contributed by atoms with Gasteiger partial charge < -0.3 is 24.9 Å². The standard InChI is InChI=1S/C23H32N4O3/c1-3-5-13-27(14-6-4-2)15-9-12-25-23(28)20-21(26-30-22(20)24)18-16-29-19-11-8-7-10-17(18)19/h7-8,10-11,16H,3-6,9,12-15,24H2,1-2H3,(H,25,28). The summed E-state index contributed by atoms with van der Waals surface area (Å²) in [5, 5.41) is 7.86. The molecule has 0 aliphatic carbocycles. The zero-order chi connectivity index (χ0) is 21.3. The second-order valence-corrected chi connectivity index (χ2v) is 7.57. The van der Waals surface area contributed by atoms with Gasteiger partial charge in [0.15, 0.2) is 0 Å². The van der Waals surface area contributed by atoms with Crippen molar-refractivity contribution < 1.29 is 13.7 Å². The van der Waals surface area contributed by atoms with Crippen LogP contribution >= 0.6 is 0 Å². The molecule has 3 rings (SSSR count). The average molecular weight is 413 g/mol. The van der Waals surface area contributed by atoms with Crippen molar-refractivity contribution in [1.29, 1.82) is 0 Å². The number of fused-ring (bicyclic) bond motifs is 1. The second kappa shape index (κ2) is 10.8. The topological polar surface area (TPSA) is 97.5 Å². The van der Waals surface area contributed by atoms with E-state index in [9.17, 15) is 4.79 Å². The minimum Gasteiger partial charge on any atom is -0.464 e. The average Bonchev–Trinajstić information content (AvgIpc) is 3.35. The van der Waals surface area contributed by atoms with Gasteiger partial charge in [-0.3, -0.25) is 4.79 Å². The molecule has 0 saturated carbocycles. The fraction of sp³-hybridized carbons (Fsp3) is 0.478. The van der Waals surface area contributed by atoms with Crippen LogP contribution in [0.2, 0.25) is 0 Å². The van der Waals surface area contributed by atoms with E-state index in [1.165, 1.54) is 25.7 Å². The van der Waals surface area contributed by atoms with Crippen LogP contribution in [-0.2, 0) is 0 Å². The molecule has 0 aliphatic heterocycles. The molecular weight excluding hydrogens is 380 g/mol. The van der Waals surface area contributed by atoms with Crippen LogP contribution in [-0.4, -0.2) is 42.1 Å². The maximum atomic E-state index is 12.8. The van der Waals surface area contributed by atoms with Crippen molar-refractivity contribution >= 4 is 22.8 Å². The number of anilines is 1. The molecule has 7 nitrogen and oxygen atoms in total. The molecule has 0 aliphatic rings. The van der Waals surface area contributed by atoms with Gasteiger partial charge in [0.05, 0.1) is 5.56 Å². The van der Waals surface area contributed by atoms with Crippen molar-refractivity contribution in [2.24, 2.45) is 0 Å². The molecule has 0 bridgehead atoms. The zero-order valence-electron chi connectivity index (χ0n) is 17.9. The first-order valence-electron chi connectivity index (χ1n) is 10.9. The lowest BCUT2D eigenvalue weighted by Gasteiger charge is -2.21. The van der Waals surface area contributed by atoms with Crippen molar-refractivity contribution in [2.75, 3.05) is 31.9 Å². The van der Waals surface area contributed by atoms with Crippen LogP contribution in [0.5, 0.6) is 0 Å². The van der Waals surface area contributed by atoms with E-state index in [4.69, 9.17) is 14.7 Å². The van der Waals surface area contributed by atoms with Gasteiger partial charge in [0.25, 0.3) is 5.91 Å². The van der Waals surface area contributed by atoms with E-state index >= 15 is 0 Å². The third-order valence-corrected chi connectivity index (χ3v) is 5.27. The molecule has 0 spiro atoms. The predicted molar refractivity (Wildman–Crippen MR) is 119 cm³/mol. The Bertz CT molecular complexity index is 939. The first-order valence-corrected chi connectivity index (χ1v) is 10.9. The molecule has 162 valence electrons. The molecule has 0 fully saturated rings. The number of unbranched alkanes of at least 4 members (excludes halogenated alkanes) is 2. The van der Waals surface area contributed by atoms with Crippen molar-refractivity contribution in [2.45, 2.75) is 46.0 Å². The first-order chi connectivity index (χ1) is 14.7. The highest BCUT2D eigenvalue weighted by Crippen LogP contribution is 2.34. The summed E-state index contributed by atoms with van der Waals surface area (Å²) < 4.78 is 10.7. The smallest absolute Gasteiger partial charge is 0.259 e. The summed E-state index contributed by atoms with van der Waals surface area (Å²) in [5.41, 5.74) is 8.01. The van der Waals surface area contributed by atoms with Crippen molar-refractivity contribution in [1.82, 2.24) is 15.4 Å². The molecule has 7 heteroatoms.